The Bertz CT molecular complexity index is 1080. The van der Waals surface area contributed by atoms with Gasteiger partial charge in [0.15, 0.2) is 0 Å². The van der Waals surface area contributed by atoms with Gasteiger partial charge in [0.25, 0.3) is 0 Å². The summed E-state index contributed by atoms with van der Waals surface area (Å²) >= 11 is 0.993. The number of hydrogen-bond donors (Lipinski definition) is 1. The maximum Gasteiger partial charge on any atom is 0.245 e. The van der Waals surface area contributed by atoms with E-state index in [-0.39, 0.29) is 23.3 Å². The average molecular weight is 417 g/mol. The summed E-state index contributed by atoms with van der Waals surface area (Å²) in [6.45, 7) is 1.02. The van der Waals surface area contributed by atoms with Gasteiger partial charge in [0, 0.05) is 19.6 Å². The number of amides is 1. The second kappa shape index (κ2) is 7.94. The zero-order valence-corrected chi connectivity index (χ0v) is 16.7. The third-order valence-corrected chi connectivity index (χ3v) is 7.37. The lowest BCUT2D eigenvalue weighted by molar-refractivity contribution is -0.126. The number of aromatic nitrogens is 2. The zero-order chi connectivity index (χ0) is 19.6. The van der Waals surface area contributed by atoms with E-state index in [9.17, 15) is 13.2 Å². The SMILES string of the molecule is O=C(NCc1ccccc1)[C@@H]1CCCN(S(=O)(=O)c2cccc3nsnc23)C1. The lowest BCUT2D eigenvalue weighted by Crippen LogP contribution is -2.45. The minimum Gasteiger partial charge on any atom is -0.352 e. The van der Waals surface area contributed by atoms with Crippen molar-refractivity contribution in [3.8, 4) is 0 Å². The quantitative estimate of drug-likeness (QED) is 0.690. The minimum atomic E-state index is -3.73. The molecular weight excluding hydrogens is 396 g/mol. The molecule has 3 aromatic rings. The average Bonchev–Trinajstić information content (AvgIpc) is 3.21. The van der Waals surface area contributed by atoms with Crippen molar-refractivity contribution >= 4 is 38.7 Å². The van der Waals surface area contributed by atoms with Gasteiger partial charge in [-0.1, -0.05) is 36.4 Å². The van der Waals surface area contributed by atoms with Crippen LogP contribution in [0.25, 0.3) is 11.0 Å². The van der Waals surface area contributed by atoms with Crippen LogP contribution in [-0.4, -0.2) is 40.5 Å². The monoisotopic (exact) mass is 416 g/mol. The lowest BCUT2D eigenvalue weighted by Gasteiger charge is -2.31. The lowest BCUT2D eigenvalue weighted by atomic mass is 9.99. The van der Waals surface area contributed by atoms with Crippen LogP contribution in [0.5, 0.6) is 0 Å². The third kappa shape index (κ3) is 3.78. The van der Waals surface area contributed by atoms with E-state index in [0.29, 0.717) is 37.0 Å². The van der Waals surface area contributed by atoms with Crippen molar-refractivity contribution in [1.29, 1.82) is 0 Å². The maximum absolute atomic E-state index is 13.2. The van der Waals surface area contributed by atoms with Crippen LogP contribution in [0.2, 0.25) is 0 Å². The number of nitrogens with one attached hydrogen (secondary N) is 1. The molecular formula is C19H20N4O3S2. The van der Waals surface area contributed by atoms with E-state index < -0.39 is 10.0 Å². The van der Waals surface area contributed by atoms with Gasteiger partial charge in [0.2, 0.25) is 15.9 Å². The summed E-state index contributed by atoms with van der Waals surface area (Å²) in [4.78, 5) is 12.8. The van der Waals surface area contributed by atoms with Crippen LogP contribution in [0.4, 0.5) is 0 Å². The summed E-state index contributed by atoms with van der Waals surface area (Å²) in [5.41, 5.74) is 1.97. The van der Waals surface area contributed by atoms with Gasteiger partial charge in [0.1, 0.15) is 15.9 Å². The molecule has 1 amide bonds. The molecule has 1 aromatic heterocycles. The van der Waals surface area contributed by atoms with Crippen LogP contribution in [-0.2, 0) is 21.4 Å². The van der Waals surface area contributed by atoms with Crippen molar-refractivity contribution in [2.45, 2.75) is 24.3 Å². The predicted octanol–water partition coefficient (Wildman–Crippen LogP) is 2.41. The summed E-state index contributed by atoms with van der Waals surface area (Å²) < 4.78 is 36.0. The highest BCUT2D eigenvalue weighted by molar-refractivity contribution is 7.89. The first-order valence-electron chi connectivity index (χ1n) is 9.09. The first-order valence-corrected chi connectivity index (χ1v) is 11.3. The molecule has 1 fully saturated rings. The van der Waals surface area contributed by atoms with Gasteiger partial charge >= 0.3 is 0 Å². The number of rotatable bonds is 5. The number of carbonyl (C=O) groups excluding carboxylic acids is 1. The molecule has 1 aliphatic rings. The second-order valence-corrected chi connectivity index (χ2v) is 9.23. The highest BCUT2D eigenvalue weighted by atomic mass is 32.2. The fourth-order valence-electron chi connectivity index (χ4n) is 3.43. The normalized spacial score (nSPS) is 18.2. The molecule has 4 rings (SSSR count). The van der Waals surface area contributed by atoms with E-state index in [0.717, 1.165) is 17.3 Å². The Morgan fingerprint density at radius 1 is 1.14 bits per heavy atom. The van der Waals surface area contributed by atoms with Gasteiger partial charge in [0.05, 0.1) is 17.6 Å². The summed E-state index contributed by atoms with van der Waals surface area (Å²) in [6, 6.07) is 14.6. The standard InChI is InChI=1S/C19H20N4O3S2/c24-19(20-12-14-6-2-1-3-7-14)15-8-5-11-23(13-15)28(25,26)17-10-4-9-16-18(17)22-27-21-16/h1-4,6-7,9-10,15H,5,8,11-13H2,(H,20,24)/t15-/m1/s1. The third-order valence-electron chi connectivity index (χ3n) is 4.93. The van der Waals surface area contributed by atoms with Crippen LogP contribution >= 0.6 is 11.7 Å². The van der Waals surface area contributed by atoms with E-state index in [1.54, 1.807) is 18.2 Å². The van der Waals surface area contributed by atoms with Crippen molar-refractivity contribution in [1.82, 2.24) is 18.4 Å². The number of sulfonamides is 1. The van der Waals surface area contributed by atoms with Gasteiger partial charge in [-0.2, -0.15) is 13.1 Å². The van der Waals surface area contributed by atoms with Crippen LogP contribution in [0.3, 0.4) is 0 Å². The molecule has 1 atom stereocenters. The molecule has 7 nitrogen and oxygen atoms in total. The molecule has 0 radical (unpaired) electrons. The maximum atomic E-state index is 13.2. The second-order valence-electron chi connectivity index (χ2n) is 6.79. The number of fused-ring (bicyclic) bond motifs is 1. The summed E-state index contributed by atoms with van der Waals surface area (Å²) in [5.74, 6) is -0.475. The Morgan fingerprint density at radius 2 is 1.96 bits per heavy atom. The number of nitrogens with zero attached hydrogens (tertiary/aromatic N) is 3. The number of piperidine rings is 1. The zero-order valence-electron chi connectivity index (χ0n) is 15.1. The molecule has 1 saturated heterocycles. The molecule has 28 heavy (non-hydrogen) atoms. The molecule has 2 aromatic carbocycles. The Morgan fingerprint density at radius 3 is 2.79 bits per heavy atom. The van der Waals surface area contributed by atoms with E-state index in [2.05, 4.69) is 14.1 Å². The minimum absolute atomic E-state index is 0.114. The number of carbonyl (C=O) groups is 1. The van der Waals surface area contributed by atoms with E-state index in [1.807, 2.05) is 30.3 Å². The van der Waals surface area contributed by atoms with Gasteiger partial charge in [-0.15, -0.1) is 0 Å². The smallest absolute Gasteiger partial charge is 0.245 e. The van der Waals surface area contributed by atoms with Gasteiger partial charge in [-0.25, -0.2) is 8.42 Å². The van der Waals surface area contributed by atoms with Crippen molar-refractivity contribution in [2.24, 2.45) is 5.92 Å². The first-order chi connectivity index (χ1) is 13.6. The van der Waals surface area contributed by atoms with E-state index >= 15 is 0 Å². The highest BCUT2D eigenvalue weighted by Gasteiger charge is 2.34. The Balaban J connectivity index is 1.48. The van der Waals surface area contributed by atoms with Gasteiger partial charge in [-0.05, 0) is 30.5 Å². The van der Waals surface area contributed by atoms with Crippen molar-refractivity contribution < 1.29 is 13.2 Å². The fraction of sp³-hybridized carbons (Fsp3) is 0.316. The van der Waals surface area contributed by atoms with Crippen LogP contribution < -0.4 is 5.32 Å². The first kappa shape index (κ1) is 19.0. The van der Waals surface area contributed by atoms with Crippen LogP contribution in [0.1, 0.15) is 18.4 Å². The summed E-state index contributed by atoms with van der Waals surface area (Å²) in [7, 11) is -3.73. The highest BCUT2D eigenvalue weighted by Crippen LogP contribution is 2.28. The van der Waals surface area contributed by atoms with Crippen molar-refractivity contribution in [3.05, 3.63) is 54.1 Å². The molecule has 0 aliphatic carbocycles. The Hall–Kier alpha value is -2.36. The van der Waals surface area contributed by atoms with E-state index in [1.165, 1.54) is 4.31 Å². The molecule has 0 spiro atoms. The summed E-state index contributed by atoms with van der Waals surface area (Å²) in [5, 5.41) is 2.92. The Labute approximate surface area is 167 Å². The van der Waals surface area contributed by atoms with E-state index in [4.69, 9.17) is 0 Å². The molecule has 9 heteroatoms. The molecule has 2 heterocycles. The molecule has 1 aliphatic heterocycles. The van der Waals surface area contributed by atoms with Crippen LogP contribution in [0.15, 0.2) is 53.4 Å². The predicted molar refractivity (Wildman–Crippen MR) is 107 cm³/mol. The van der Waals surface area contributed by atoms with Gasteiger partial charge < -0.3 is 5.32 Å². The topological polar surface area (TPSA) is 92.3 Å². The van der Waals surface area contributed by atoms with Gasteiger partial charge in [-0.3, -0.25) is 4.79 Å². The van der Waals surface area contributed by atoms with Crippen molar-refractivity contribution in [2.75, 3.05) is 13.1 Å². The molecule has 0 saturated carbocycles. The number of hydrogen-bond acceptors (Lipinski definition) is 6. The number of benzene rings is 2. The van der Waals surface area contributed by atoms with Crippen molar-refractivity contribution in [3.63, 3.8) is 0 Å². The molecule has 146 valence electrons. The summed E-state index contributed by atoms with van der Waals surface area (Å²) in [6.07, 6.45) is 1.32. The largest absolute Gasteiger partial charge is 0.352 e. The fourth-order valence-corrected chi connectivity index (χ4v) is 5.71. The Kier molecular flexibility index (Phi) is 5.38. The molecule has 1 N–H and O–H groups in total. The molecule has 0 bridgehead atoms. The van der Waals surface area contributed by atoms with Crippen LogP contribution in [0, 0.1) is 5.92 Å². The molecule has 0 unspecified atom stereocenters.